The van der Waals surface area contributed by atoms with Crippen LogP contribution in [0.15, 0.2) is 18.2 Å². The smallest absolute Gasteiger partial charge is 0.272 e. The van der Waals surface area contributed by atoms with Gasteiger partial charge < -0.3 is 10.2 Å². The lowest BCUT2D eigenvalue weighted by Crippen LogP contribution is -2.40. The fourth-order valence-electron chi connectivity index (χ4n) is 2.75. The van der Waals surface area contributed by atoms with Crippen LogP contribution in [0, 0.1) is 12.8 Å². The molecular formula is C16H25N3O. The van der Waals surface area contributed by atoms with Crippen LogP contribution in [0.5, 0.6) is 0 Å². The van der Waals surface area contributed by atoms with Crippen LogP contribution < -0.4 is 5.32 Å². The van der Waals surface area contributed by atoms with Gasteiger partial charge in [0, 0.05) is 18.8 Å². The molecule has 2 heterocycles. The maximum atomic E-state index is 12.6. The number of carbonyl (C=O) groups is 1. The zero-order valence-corrected chi connectivity index (χ0v) is 12.6. The summed E-state index contributed by atoms with van der Waals surface area (Å²) < 4.78 is 0. The molecule has 1 fully saturated rings. The van der Waals surface area contributed by atoms with Gasteiger partial charge in [0.15, 0.2) is 0 Å². The van der Waals surface area contributed by atoms with E-state index < -0.39 is 0 Å². The Kier molecular flexibility index (Phi) is 5.53. The SMILES string of the molecule is CCCN(CC1CCNCC1)C(=O)c1cccc(C)n1. The summed E-state index contributed by atoms with van der Waals surface area (Å²) in [5.74, 6) is 0.700. The summed E-state index contributed by atoms with van der Waals surface area (Å²) in [6, 6.07) is 5.65. The highest BCUT2D eigenvalue weighted by Crippen LogP contribution is 2.15. The van der Waals surface area contributed by atoms with Gasteiger partial charge in [-0.3, -0.25) is 4.79 Å². The molecule has 110 valence electrons. The van der Waals surface area contributed by atoms with Gasteiger partial charge in [0.2, 0.25) is 0 Å². The average Bonchev–Trinajstić information content (AvgIpc) is 2.47. The number of nitrogens with one attached hydrogen (secondary N) is 1. The Bertz CT molecular complexity index is 441. The van der Waals surface area contributed by atoms with Gasteiger partial charge >= 0.3 is 0 Å². The number of hydrogen-bond donors (Lipinski definition) is 1. The molecule has 0 radical (unpaired) electrons. The third-order valence-corrected chi connectivity index (χ3v) is 3.83. The topological polar surface area (TPSA) is 45.2 Å². The van der Waals surface area contributed by atoms with Crippen molar-refractivity contribution in [3.63, 3.8) is 0 Å². The Morgan fingerprint density at radius 1 is 1.40 bits per heavy atom. The van der Waals surface area contributed by atoms with Gasteiger partial charge in [0.05, 0.1) is 0 Å². The lowest BCUT2D eigenvalue weighted by Gasteiger charge is -2.30. The second-order valence-corrected chi connectivity index (χ2v) is 5.61. The van der Waals surface area contributed by atoms with Crippen molar-refractivity contribution >= 4 is 5.91 Å². The molecule has 0 spiro atoms. The second kappa shape index (κ2) is 7.39. The summed E-state index contributed by atoms with van der Waals surface area (Å²) in [6.07, 6.45) is 3.31. The maximum Gasteiger partial charge on any atom is 0.272 e. The average molecular weight is 275 g/mol. The standard InChI is InChI=1S/C16H25N3O/c1-3-11-19(12-14-7-9-17-10-8-14)16(20)15-6-4-5-13(2)18-15/h4-6,14,17H,3,7-12H2,1-2H3. The number of carbonyl (C=O) groups excluding carboxylic acids is 1. The van der Waals surface area contributed by atoms with E-state index in [0.29, 0.717) is 11.6 Å². The van der Waals surface area contributed by atoms with Gasteiger partial charge in [-0.15, -0.1) is 0 Å². The molecule has 4 nitrogen and oxygen atoms in total. The highest BCUT2D eigenvalue weighted by molar-refractivity contribution is 5.92. The third kappa shape index (κ3) is 4.04. The number of pyridine rings is 1. The van der Waals surface area contributed by atoms with Crippen molar-refractivity contribution < 1.29 is 4.79 Å². The van der Waals surface area contributed by atoms with E-state index >= 15 is 0 Å². The Balaban J connectivity index is 2.04. The van der Waals surface area contributed by atoms with Crippen molar-refractivity contribution in [2.45, 2.75) is 33.1 Å². The van der Waals surface area contributed by atoms with Gasteiger partial charge in [0.25, 0.3) is 5.91 Å². The molecule has 0 bridgehead atoms. The van der Waals surface area contributed by atoms with E-state index in [4.69, 9.17) is 0 Å². The summed E-state index contributed by atoms with van der Waals surface area (Å²) in [4.78, 5) is 19.0. The first kappa shape index (κ1) is 15.0. The van der Waals surface area contributed by atoms with E-state index in [0.717, 1.165) is 51.1 Å². The van der Waals surface area contributed by atoms with E-state index in [-0.39, 0.29) is 5.91 Å². The minimum absolute atomic E-state index is 0.0779. The van der Waals surface area contributed by atoms with Crippen LogP contribution in [0.4, 0.5) is 0 Å². The van der Waals surface area contributed by atoms with E-state index in [1.165, 1.54) is 0 Å². The summed E-state index contributed by atoms with van der Waals surface area (Å²) >= 11 is 0. The first-order valence-electron chi connectivity index (χ1n) is 7.64. The molecule has 2 rings (SSSR count). The van der Waals surface area contributed by atoms with Crippen molar-refractivity contribution in [3.05, 3.63) is 29.6 Å². The largest absolute Gasteiger partial charge is 0.337 e. The van der Waals surface area contributed by atoms with Gasteiger partial charge in [-0.25, -0.2) is 4.98 Å². The van der Waals surface area contributed by atoms with Gasteiger partial charge in [-0.05, 0) is 57.3 Å². The number of aryl methyl sites for hydroxylation is 1. The quantitative estimate of drug-likeness (QED) is 0.896. The molecule has 20 heavy (non-hydrogen) atoms. The number of piperidine rings is 1. The van der Waals surface area contributed by atoms with Crippen LogP contribution in [-0.2, 0) is 0 Å². The molecule has 1 amide bonds. The Hall–Kier alpha value is -1.42. The van der Waals surface area contributed by atoms with Crippen molar-refractivity contribution in [2.24, 2.45) is 5.92 Å². The second-order valence-electron chi connectivity index (χ2n) is 5.61. The highest BCUT2D eigenvalue weighted by Gasteiger charge is 2.21. The molecule has 1 saturated heterocycles. The predicted molar refractivity (Wildman–Crippen MR) is 80.8 cm³/mol. The number of rotatable bonds is 5. The Morgan fingerprint density at radius 2 is 2.15 bits per heavy atom. The minimum atomic E-state index is 0.0779. The molecule has 0 aromatic carbocycles. The molecular weight excluding hydrogens is 250 g/mol. The van der Waals surface area contributed by atoms with E-state index in [1.807, 2.05) is 30.0 Å². The molecule has 0 saturated carbocycles. The number of nitrogens with zero attached hydrogens (tertiary/aromatic N) is 2. The highest BCUT2D eigenvalue weighted by atomic mass is 16.2. The molecule has 0 atom stereocenters. The Labute approximate surface area is 121 Å². The summed E-state index contributed by atoms with van der Waals surface area (Å²) in [5.41, 5.74) is 1.47. The van der Waals surface area contributed by atoms with Crippen molar-refractivity contribution in [3.8, 4) is 0 Å². The fourth-order valence-corrected chi connectivity index (χ4v) is 2.75. The number of aromatic nitrogens is 1. The first-order chi connectivity index (χ1) is 9.70. The maximum absolute atomic E-state index is 12.6. The van der Waals surface area contributed by atoms with E-state index in [9.17, 15) is 4.79 Å². The molecule has 1 aliphatic rings. The molecule has 4 heteroatoms. The normalized spacial score (nSPS) is 16.1. The molecule has 1 N–H and O–H groups in total. The van der Waals surface area contributed by atoms with Crippen molar-refractivity contribution in [1.82, 2.24) is 15.2 Å². The van der Waals surface area contributed by atoms with Crippen LogP contribution in [0.2, 0.25) is 0 Å². The zero-order chi connectivity index (χ0) is 14.4. The van der Waals surface area contributed by atoms with Gasteiger partial charge in [-0.2, -0.15) is 0 Å². The molecule has 0 aliphatic carbocycles. The molecule has 0 unspecified atom stereocenters. The van der Waals surface area contributed by atoms with Crippen LogP contribution in [0.25, 0.3) is 0 Å². The lowest BCUT2D eigenvalue weighted by molar-refractivity contribution is 0.0710. The van der Waals surface area contributed by atoms with Gasteiger partial charge in [0.1, 0.15) is 5.69 Å². The first-order valence-corrected chi connectivity index (χ1v) is 7.64. The molecule has 1 aromatic rings. The summed E-state index contributed by atoms with van der Waals surface area (Å²) in [5, 5.41) is 3.37. The molecule has 1 aliphatic heterocycles. The van der Waals surface area contributed by atoms with Crippen LogP contribution in [0.1, 0.15) is 42.4 Å². The zero-order valence-electron chi connectivity index (χ0n) is 12.6. The Morgan fingerprint density at radius 3 is 2.80 bits per heavy atom. The van der Waals surface area contributed by atoms with Gasteiger partial charge in [-0.1, -0.05) is 13.0 Å². The van der Waals surface area contributed by atoms with E-state index in [2.05, 4.69) is 17.2 Å². The lowest BCUT2D eigenvalue weighted by atomic mass is 9.97. The minimum Gasteiger partial charge on any atom is -0.337 e. The van der Waals surface area contributed by atoms with Crippen LogP contribution >= 0.6 is 0 Å². The number of hydrogen-bond acceptors (Lipinski definition) is 3. The van der Waals surface area contributed by atoms with Crippen molar-refractivity contribution in [1.29, 1.82) is 0 Å². The monoisotopic (exact) mass is 275 g/mol. The van der Waals surface area contributed by atoms with E-state index in [1.54, 1.807) is 0 Å². The predicted octanol–water partition coefficient (Wildman–Crippen LogP) is 2.24. The van der Waals surface area contributed by atoms with Crippen LogP contribution in [-0.4, -0.2) is 42.0 Å². The van der Waals surface area contributed by atoms with Crippen LogP contribution in [0.3, 0.4) is 0 Å². The fraction of sp³-hybridized carbons (Fsp3) is 0.625. The summed E-state index contributed by atoms with van der Waals surface area (Å²) in [6.45, 7) is 7.87. The van der Waals surface area contributed by atoms with Crippen molar-refractivity contribution in [2.75, 3.05) is 26.2 Å². The molecule has 1 aromatic heterocycles. The summed E-state index contributed by atoms with van der Waals surface area (Å²) in [7, 11) is 0. The number of amides is 1. The third-order valence-electron chi connectivity index (χ3n) is 3.83.